The Hall–Kier alpha value is -1.84. The van der Waals surface area contributed by atoms with Gasteiger partial charge in [-0.15, -0.1) is 11.3 Å². The van der Waals surface area contributed by atoms with Gasteiger partial charge in [0, 0.05) is 27.6 Å². The van der Waals surface area contributed by atoms with E-state index < -0.39 is 0 Å². The zero-order valence-electron chi connectivity index (χ0n) is 12.3. The van der Waals surface area contributed by atoms with Gasteiger partial charge in [0.2, 0.25) is 0 Å². The summed E-state index contributed by atoms with van der Waals surface area (Å²) in [6.07, 6.45) is 1.82. The summed E-state index contributed by atoms with van der Waals surface area (Å²) in [6, 6.07) is 15.9. The van der Waals surface area contributed by atoms with Crippen molar-refractivity contribution in [3.05, 3.63) is 69.0 Å². The van der Waals surface area contributed by atoms with Gasteiger partial charge in [-0.1, -0.05) is 42.8 Å². The molecule has 0 aliphatic rings. The number of rotatable bonds is 4. The first-order chi connectivity index (χ1) is 10.7. The van der Waals surface area contributed by atoms with E-state index in [9.17, 15) is 0 Å². The molecule has 1 heterocycles. The average molecular weight is 329 g/mol. The van der Waals surface area contributed by atoms with Gasteiger partial charge < -0.3 is 5.73 Å². The molecule has 0 radical (unpaired) electrons. The SMILES string of the molecule is CCc1sc(Cc2ccc(N)cc2)nc1-c1ccc(Cl)cc1. The molecule has 2 aromatic carbocycles. The number of aromatic nitrogens is 1. The van der Waals surface area contributed by atoms with Gasteiger partial charge in [0.1, 0.15) is 0 Å². The maximum Gasteiger partial charge on any atom is 0.0979 e. The Kier molecular flexibility index (Phi) is 4.46. The van der Waals surface area contributed by atoms with E-state index in [0.29, 0.717) is 0 Å². The molecule has 0 bridgehead atoms. The third-order valence-electron chi connectivity index (χ3n) is 3.52. The highest BCUT2D eigenvalue weighted by Crippen LogP contribution is 2.30. The maximum atomic E-state index is 5.97. The quantitative estimate of drug-likeness (QED) is 0.668. The Balaban J connectivity index is 1.90. The topological polar surface area (TPSA) is 38.9 Å². The Labute approximate surface area is 139 Å². The van der Waals surface area contributed by atoms with Crippen molar-refractivity contribution in [2.24, 2.45) is 0 Å². The van der Waals surface area contributed by atoms with Crippen molar-refractivity contribution in [3.8, 4) is 11.3 Å². The fourth-order valence-corrected chi connectivity index (χ4v) is 3.55. The first-order valence-electron chi connectivity index (χ1n) is 7.24. The molecule has 0 atom stereocenters. The number of aryl methyl sites for hydroxylation is 1. The third kappa shape index (κ3) is 3.32. The third-order valence-corrected chi connectivity index (χ3v) is 4.97. The molecule has 0 spiro atoms. The lowest BCUT2D eigenvalue weighted by Crippen LogP contribution is -1.89. The van der Waals surface area contributed by atoms with Gasteiger partial charge in [-0.2, -0.15) is 0 Å². The second-order valence-corrected chi connectivity index (χ2v) is 6.76. The highest BCUT2D eigenvalue weighted by Gasteiger charge is 2.12. The Morgan fingerprint density at radius 2 is 1.73 bits per heavy atom. The molecule has 0 amide bonds. The van der Waals surface area contributed by atoms with Crippen molar-refractivity contribution in [2.45, 2.75) is 19.8 Å². The molecule has 0 aliphatic heterocycles. The number of nitrogen functional groups attached to an aromatic ring is 1. The minimum Gasteiger partial charge on any atom is -0.399 e. The molecule has 3 rings (SSSR count). The number of benzene rings is 2. The molecule has 112 valence electrons. The van der Waals surface area contributed by atoms with Crippen molar-refractivity contribution in [1.82, 2.24) is 4.98 Å². The first kappa shape index (κ1) is 15.1. The van der Waals surface area contributed by atoms with E-state index >= 15 is 0 Å². The van der Waals surface area contributed by atoms with Crippen LogP contribution in [0.4, 0.5) is 5.69 Å². The zero-order valence-corrected chi connectivity index (χ0v) is 13.9. The Morgan fingerprint density at radius 1 is 1.05 bits per heavy atom. The molecule has 22 heavy (non-hydrogen) atoms. The molecule has 3 aromatic rings. The number of hydrogen-bond acceptors (Lipinski definition) is 3. The fraction of sp³-hybridized carbons (Fsp3) is 0.167. The second kappa shape index (κ2) is 6.51. The number of thiazole rings is 1. The lowest BCUT2D eigenvalue weighted by atomic mass is 10.1. The van der Waals surface area contributed by atoms with Crippen LogP contribution in [0.15, 0.2) is 48.5 Å². The van der Waals surface area contributed by atoms with Gasteiger partial charge in [-0.3, -0.25) is 0 Å². The first-order valence-corrected chi connectivity index (χ1v) is 8.44. The molecule has 1 aromatic heterocycles. The minimum atomic E-state index is 0.749. The van der Waals surface area contributed by atoms with Crippen LogP contribution < -0.4 is 5.73 Å². The van der Waals surface area contributed by atoms with Crippen LogP contribution in [0.2, 0.25) is 5.02 Å². The molecule has 0 aliphatic carbocycles. The van der Waals surface area contributed by atoms with Crippen LogP contribution in [0.5, 0.6) is 0 Å². The number of hydrogen-bond donors (Lipinski definition) is 1. The summed E-state index contributed by atoms with van der Waals surface area (Å²) in [7, 11) is 0. The van der Waals surface area contributed by atoms with Crippen molar-refractivity contribution in [3.63, 3.8) is 0 Å². The van der Waals surface area contributed by atoms with Gasteiger partial charge in [-0.25, -0.2) is 4.98 Å². The molecule has 2 nitrogen and oxygen atoms in total. The molecule has 2 N–H and O–H groups in total. The minimum absolute atomic E-state index is 0.749. The summed E-state index contributed by atoms with van der Waals surface area (Å²) in [5.74, 6) is 0. The van der Waals surface area contributed by atoms with Gasteiger partial charge in [0.15, 0.2) is 0 Å². The summed E-state index contributed by atoms with van der Waals surface area (Å²) < 4.78 is 0. The van der Waals surface area contributed by atoms with Crippen LogP contribution in [0.1, 0.15) is 22.4 Å². The van der Waals surface area contributed by atoms with Crippen LogP contribution >= 0.6 is 22.9 Å². The van der Waals surface area contributed by atoms with Crippen molar-refractivity contribution < 1.29 is 0 Å². The Bertz CT molecular complexity index is 761. The maximum absolute atomic E-state index is 5.97. The predicted octanol–water partition coefficient (Wildman–Crippen LogP) is 5.20. The van der Waals surface area contributed by atoms with Crippen LogP contribution in [0, 0.1) is 0 Å². The van der Waals surface area contributed by atoms with Crippen molar-refractivity contribution >= 4 is 28.6 Å². The van der Waals surface area contributed by atoms with E-state index in [1.54, 1.807) is 11.3 Å². The van der Waals surface area contributed by atoms with Crippen LogP contribution in [-0.2, 0) is 12.8 Å². The molecule has 0 unspecified atom stereocenters. The number of nitrogens with zero attached hydrogens (tertiary/aromatic N) is 1. The van der Waals surface area contributed by atoms with Gasteiger partial charge >= 0.3 is 0 Å². The van der Waals surface area contributed by atoms with Gasteiger partial charge in [0.25, 0.3) is 0 Å². The lowest BCUT2D eigenvalue weighted by Gasteiger charge is -2.00. The van der Waals surface area contributed by atoms with Crippen molar-refractivity contribution in [2.75, 3.05) is 5.73 Å². The number of halogens is 1. The van der Waals surface area contributed by atoms with E-state index in [-0.39, 0.29) is 0 Å². The van der Waals surface area contributed by atoms with Crippen LogP contribution in [0.3, 0.4) is 0 Å². The van der Waals surface area contributed by atoms with Crippen molar-refractivity contribution in [1.29, 1.82) is 0 Å². The largest absolute Gasteiger partial charge is 0.399 e. The monoisotopic (exact) mass is 328 g/mol. The summed E-state index contributed by atoms with van der Waals surface area (Å²) in [4.78, 5) is 6.16. The Morgan fingerprint density at radius 3 is 2.36 bits per heavy atom. The van der Waals surface area contributed by atoms with E-state index in [1.165, 1.54) is 10.4 Å². The summed E-state index contributed by atoms with van der Waals surface area (Å²) in [6.45, 7) is 2.17. The highest BCUT2D eigenvalue weighted by atomic mass is 35.5. The number of nitrogens with two attached hydrogens (primary N) is 1. The molecule has 0 saturated carbocycles. The zero-order chi connectivity index (χ0) is 15.5. The lowest BCUT2D eigenvalue weighted by molar-refractivity contribution is 1.12. The molecule has 0 saturated heterocycles. The van der Waals surface area contributed by atoms with Crippen LogP contribution in [0.25, 0.3) is 11.3 Å². The molecular formula is C18H17ClN2S. The van der Waals surface area contributed by atoms with E-state index in [4.69, 9.17) is 22.3 Å². The standard InChI is InChI=1S/C18H17ClN2S/c1-2-16-18(13-5-7-14(19)8-6-13)21-17(22-16)11-12-3-9-15(20)10-4-12/h3-10H,2,11,20H2,1H3. The van der Waals surface area contributed by atoms with Gasteiger partial charge in [-0.05, 0) is 36.2 Å². The molecule has 0 fully saturated rings. The second-order valence-electron chi connectivity index (χ2n) is 5.16. The summed E-state index contributed by atoms with van der Waals surface area (Å²) in [5.41, 5.74) is 9.96. The van der Waals surface area contributed by atoms with Gasteiger partial charge in [0.05, 0.1) is 10.7 Å². The summed E-state index contributed by atoms with van der Waals surface area (Å²) in [5, 5.41) is 1.88. The number of anilines is 1. The smallest absolute Gasteiger partial charge is 0.0979 e. The van der Waals surface area contributed by atoms with E-state index in [1.807, 2.05) is 36.4 Å². The average Bonchev–Trinajstić information content (AvgIpc) is 2.93. The normalized spacial score (nSPS) is 10.8. The molecular weight excluding hydrogens is 312 g/mol. The molecule has 4 heteroatoms. The van der Waals surface area contributed by atoms with E-state index in [0.717, 1.165) is 39.8 Å². The predicted molar refractivity (Wildman–Crippen MR) is 95.6 cm³/mol. The summed E-state index contributed by atoms with van der Waals surface area (Å²) >= 11 is 7.75. The van der Waals surface area contributed by atoms with E-state index in [2.05, 4.69) is 19.1 Å². The van der Waals surface area contributed by atoms with Crippen LogP contribution in [-0.4, -0.2) is 4.98 Å². The highest BCUT2D eigenvalue weighted by molar-refractivity contribution is 7.12. The fourth-order valence-electron chi connectivity index (χ4n) is 2.36.